The molecule has 5 heteroatoms. The lowest BCUT2D eigenvalue weighted by atomic mass is 10.1. The molecule has 116 valence electrons. The summed E-state index contributed by atoms with van der Waals surface area (Å²) < 4.78 is 0. The minimum Gasteiger partial charge on any atom is -0.360 e. The Hall–Kier alpha value is -3.08. The fraction of sp³-hybridized carbons (Fsp3) is 0.111. The highest BCUT2D eigenvalue weighted by atomic mass is 16.2. The van der Waals surface area contributed by atoms with Gasteiger partial charge in [0, 0.05) is 42.4 Å². The minimum atomic E-state index is -0.186. The molecule has 0 radical (unpaired) electrons. The van der Waals surface area contributed by atoms with Crippen LogP contribution in [0.4, 0.5) is 5.69 Å². The van der Waals surface area contributed by atoms with Gasteiger partial charge in [-0.25, -0.2) is 0 Å². The summed E-state index contributed by atoms with van der Waals surface area (Å²) in [7, 11) is 3.41. The van der Waals surface area contributed by atoms with Crippen LogP contribution in [0, 0.1) is 0 Å². The van der Waals surface area contributed by atoms with E-state index in [0.29, 0.717) is 16.8 Å². The van der Waals surface area contributed by atoms with Crippen LogP contribution >= 0.6 is 0 Å². The highest BCUT2D eigenvalue weighted by Crippen LogP contribution is 2.19. The van der Waals surface area contributed by atoms with Crippen LogP contribution in [0.15, 0.2) is 54.7 Å². The van der Waals surface area contributed by atoms with Crippen LogP contribution in [-0.2, 0) is 0 Å². The van der Waals surface area contributed by atoms with Crippen LogP contribution in [0.5, 0.6) is 0 Å². The molecule has 3 rings (SSSR count). The number of H-pyrrole nitrogens is 1. The van der Waals surface area contributed by atoms with Crippen molar-refractivity contribution in [3.8, 4) is 0 Å². The maximum atomic E-state index is 12.4. The second-order valence-electron chi connectivity index (χ2n) is 5.48. The van der Waals surface area contributed by atoms with Gasteiger partial charge in [0.1, 0.15) is 0 Å². The summed E-state index contributed by atoms with van der Waals surface area (Å²) in [6.07, 6.45) is 1.70. The Morgan fingerprint density at radius 3 is 2.39 bits per heavy atom. The number of rotatable bonds is 3. The third-order valence-corrected chi connectivity index (χ3v) is 3.63. The number of amides is 2. The van der Waals surface area contributed by atoms with Crippen molar-refractivity contribution in [1.82, 2.24) is 9.88 Å². The molecule has 2 amide bonds. The average molecular weight is 307 g/mol. The number of anilines is 1. The Balaban J connectivity index is 1.79. The van der Waals surface area contributed by atoms with E-state index in [1.807, 2.05) is 24.3 Å². The maximum absolute atomic E-state index is 12.4. The summed E-state index contributed by atoms with van der Waals surface area (Å²) in [6, 6.07) is 14.5. The van der Waals surface area contributed by atoms with E-state index in [1.165, 1.54) is 4.90 Å². The summed E-state index contributed by atoms with van der Waals surface area (Å²) in [5.41, 5.74) is 2.74. The standard InChI is InChI=1S/C18H17N3O2/c1-21(2)18(23)12-7-9-13(10-8-12)20-17(22)15-11-19-16-6-4-3-5-14(15)16/h3-11,19H,1-2H3,(H,20,22). The fourth-order valence-electron chi connectivity index (χ4n) is 2.41. The van der Waals surface area contributed by atoms with Crippen LogP contribution in [0.2, 0.25) is 0 Å². The summed E-state index contributed by atoms with van der Waals surface area (Å²) in [6.45, 7) is 0. The molecule has 0 unspecified atom stereocenters. The fourth-order valence-corrected chi connectivity index (χ4v) is 2.41. The minimum absolute atomic E-state index is 0.0699. The highest BCUT2D eigenvalue weighted by Gasteiger charge is 2.12. The molecule has 0 aliphatic carbocycles. The van der Waals surface area contributed by atoms with Crippen molar-refractivity contribution >= 4 is 28.4 Å². The number of nitrogens with zero attached hydrogens (tertiary/aromatic N) is 1. The monoisotopic (exact) mass is 307 g/mol. The Bertz CT molecular complexity index is 863. The van der Waals surface area contributed by atoms with Crippen molar-refractivity contribution in [3.05, 3.63) is 65.9 Å². The zero-order chi connectivity index (χ0) is 16.4. The van der Waals surface area contributed by atoms with Crippen LogP contribution in [0.3, 0.4) is 0 Å². The lowest BCUT2D eigenvalue weighted by Gasteiger charge is -2.11. The molecule has 2 aromatic carbocycles. The molecule has 0 aliphatic heterocycles. The molecular weight excluding hydrogens is 290 g/mol. The first-order valence-corrected chi connectivity index (χ1v) is 7.25. The first-order valence-electron chi connectivity index (χ1n) is 7.25. The van der Waals surface area contributed by atoms with Crippen LogP contribution in [-0.4, -0.2) is 35.8 Å². The molecule has 5 nitrogen and oxygen atoms in total. The number of carbonyl (C=O) groups is 2. The molecule has 0 fully saturated rings. The third kappa shape index (κ3) is 2.94. The highest BCUT2D eigenvalue weighted by molar-refractivity contribution is 6.12. The second kappa shape index (κ2) is 5.96. The molecule has 1 aromatic heterocycles. The van der Waals surface area contributed by atoms with Gasteiger partial charge in [0.2, 0.25) is 0 Å². The lowest BCUT2D eigenvalue weighted by molar-refractivity contribution is 0.0827. The van der Waals surface area contributed by atoms with E-state index in [4.69, 9.17) is 0 Å². The number of para-hydroxylation sites is 1. The van der Waals surface area contributed by atoms with E-state index in [-0.39, 0.29) is 11.8 Å². The molecule has 0 saturated carbocycles. The Kier molecular flexibility index (Phi) is 3.85. The van der Waals surface area contributed by atoms with Gasteiger partial charge in [-0.1, -0.05) is 18.2 Å². The predicted molar refractivity (Wildman–Crippen MR) is 90.7 cm³/mol. The zero-order valence-electron chi connectivity index (χ0n) is 13.0. The summed E-state index contributed by atoms with van der Waals surface area (Å²) in [5, 5.41) is 3.73. The molecule has 2 N–H and O–H groups in total. The molecule has 23 heavy (non-hydrogen) atoms. The topological polar surface area (TPSA) is 65.2 Å². The number of aromatic nitrogens is 1. The van der Waals surface area contributed by atoms with Gasteiger partial charge in [-0.05, 0) is 30.3 Å². The summed E-state index contributed by atoms with van der Waals surface area (Å²) in [4.78, 5) is 28.8. The summed E-state index contributed by atoms with van der Waals surface area (Å²) >= 11 is 0. The van der Waals surface area contributed by atoms with Crippen molar-refractivity contribution in [1.29, 1.82) is 0 Å². The zero-order valence-corrected chi connectivity index (χ0v) is 13.0. The van der Waals surface area contributed by atoms with Gasteiger partial charge in [0.05, 0.1) is 5.56 Å². The molecule has 0 saturated heterocycles. The number of benzene rings is 2. The van der Waals surface area contributed by atoms with E-state index in [0.717, 1.165) is 10.9 Å². The van der Waals surface area contributed by atoms with Crippen LogP contribution in [0.1, 0.15) is 20.7 Å². The van der Waals surface area contributed by atoms with Crippen molar-refractivity contribution in [2.24, 2.45) is 0 Å². The maximum Gasteiger partial charge on any atom is 0.257 e. The van der Waals surface area contributed by atoms with E-state index < -0.39 is 0 Å². The largest absolute Gasteiger partial charge is 0.360 e. The quantitative estimate of drug-likeness (QED) is 0.781. The van der Waals surface area contributed by atoms with Gasteiger partial charge in [-0.3, -0.25) is 9.59 Å². The van der Waals surface area contributed by atoms with Crippen molar-refractivity contribution in [3.63, 3.8) is 0 Å². The average Bonchev–Trinajstić information content (AvgIpc) is 2.99. The van der Waals surface area contributed by atoms with E-state index in [9.17, 15) is 9.59 Å². The molecule has 0 aliphatic rings. The van der Waals surface area contributed by atoms with Gasteiger partial charge in [-0.2, -0.15) is 0 Å². The van der Waals surface area contributed by atoms with Gasteiger partial charge in [0.25, 0.3) is 11.8 Å². The normalized spacial score (nSPS) is 10.5. The van der Waals surface area contributed by atoms with Gasteiger partial charge >= 0.3 is 0 Å². The lowest BCUT2D eigenvalue weighted by Crippen LogP contribution is -2.21. The molecule has 1 heterocycles. The van der Waals surface area contributed by atoms with Gasteiger partial charge in [0.15, 0.2) is 0 Å². The molecule has 0 spiro atoms. The number of nitrogens with one attached hydrogen (secondary N) is 2. The van der Waals surface area contributed by atoms with Gasteiger partial charge in [-0.15, -0.1) is 0 Å². The molecule has 0 atom stereocenters. The second-order valence-corrected chi connectivity index (χ2v) is 5.48. The number of hydrogen-bond donors (Lipinski definition) is 2. The molecular formula is C18H17N3O2. The SMILES string of the molecule is CN(C)C(=O)c1ccc(NC(=O)c2c[nH]c3ccccc23)cc1. The Morgan fingerprint density at radius 2 is 1.70 bits per heavy atom. The first-order chi connectivity index (χ1) is 11.1. The van der Waals surface area contributed by atoms with E-state index in [1.54, 1.807) is 44.6 Å². The predicted octanol–water partition coefficient (Wildman–Crippen LogP) is 3.12. The molecule has 3 aromatic rings. The number of carbonyl (C=O) groups excluding carboxylic acids is 2. The number of hydrogen-bond acceptors (Lipinski definition) is 2. The number of aromatic amines is 1. The molecule has 0 bridgehead atoms. The first kappa shape index (κ1) is 14.8. The van der Waals surface area contributed by atoms with Crippen molar-refractivity contribution in [2.45, 2.75) is 0 Å². The van der Waals surface area contributed by atoms with Crippen LogP contribution in [0.25, 0.3) is 10.9 Å². The van der Waals surface area contributed by atoms with Crippen molar-refractivity contribution < 1.29 is 9.59 Å². The Labute approximate surface area is 133 Å². The van der Waals surface area contributed by atoms with Crippen LogP contribution < -0.4 is 5.32 Å². The number of fused-ring (bicyclic) bond motifs is 1. The van der Waals surface area contributed by atoms with Gasteiger partial charge < -0.3 is 15.2 Å². The smallest absolute Gasteiger partial charge is 0.257 e. The Morgan fingerprint density at radius 1 is 1.00 bits per heavy atom. The van der Waals surface area contributed by atoms with Crippen molar-refractivity contribution in [2.75, 3.05) is 19.4 Å². The van der Waals surface area contributed by atoms with E-state index in [2.05, 4.69) is 10.3 Å². The summed E-state index contributed by atoms with van der Waals surface area (Å²) in [5.74, 6) is -0.256. The van der Waals surface area contributed by atoms with E-state index >= 15 is 0 Å². The third-order valence-electron chi connectivity index (χ3n) is 3.63.